The molecular formula is C21H28N2O5S. The van der Waals surface area contributed by atoms with E-state index in [-0.39, 0.29) is 13.2 Å². The molecule has 7 nitrogen and oxygen atoms in total. The Morgan fingerprint density at radius 1 is 1.03 bits per heavy atom. The Hall–Kier alpha value is -2.74. The third-order valence-corrected chi connectivity index (χ3v) is 5.42. The molecule has 0 aliphatic heterocycles. The molecule has 29 heavy (non-hydrogen) atoms. The van der Waals surface area contributed by atoms with Gasteiger partial charge in [-0.3, -0.25) is 9.10 Å². The fourth-order valence-corrected chi connectivity index (χ4v) is 3.96. The third-order valence-electron chi connectivity index (χ3n) is 4.18. The molecule has 0 aliphatic rings. The Morgan fingerprint density at radius 3 is 2.14 bits per heavy atom. The smallest absolute Gasteiger partial charge is 0.243 e. The number of hydrogen-bond acceptors (Lipinski definition) is 5. The van der Waals surface area contributed by atoms with Gasteiger partial charge in [0.15, 0.2) is 0 Å². The van der Waals surface area contributed by atoms with Crippen LogP contribution in [0.5, 0.6) is 11.5 Å². The molecule has 0 spiro atoms. The van der Waals surface area contributed by atoms with Crippen molar-refractivity contribution in [3.05, 3.63) is 54.1 Å². The molecule has 0 bridgehead atoms. The zero-order chi connectivity index (χ0) is 21.4. The quantitative estimate of drug-likeness (QED) is 0.598. The standard InChI is InChI=1S/C21H28N2O5S/c1-5-27-19-12-8-18(9-13-19)23(29(4,25)26)17(3)21(24)22-14-15-28-20-10-6-16(2)7-11-20/h6-13,17H,5,14-15H2,1-4H3,(H,22,24)/t17-/m0/s1. The SMILES string of the molecule is CCOc1ccc(N([C@@H](C)C(=O)NCCOc2ccc(C)cc2)S(C)(=O)=O)cc1. The van der Waals surface area contributed by atoms with Gasteiger partial charge in [0.2, 0.25) is 15.9 Å². The number of nitrogens with zero attached hydrogens (tertiary/aromatic N) is 1. The van der Waals surface area contributed by atoms with E-state index in [0.717, 1.165) is 16.1 Å². The van der Waals surface area contributed by atoms with Gasteiger partial charge in [0.1, 0.15) is 24.1 Å². The minimum absolute atomic E-state index is 0.262. The lowest BCUT2D eigenvalue weighted by atomic mass is 10.2. The van der Waals surface area contributed by atoms with Crippen molar-refractivity contribution in [2.45, 2.75) is 26.8 Å². The lowest BCUT2D eigenvalue weighted by Crippen LogP contribution is -2.48. The first kappa shape index (κ1) is 22.5. The highest BCUT2D eigenvalue weighted by Gasteiger charge is 2.28. The Balaban J connectivity index is 1.98. The molecular weight excluding hydrogens is 392 g/mol. The summed E-state index contributed by atoms with van der Waals surface area (Å²) in [5.74, 6) is 0.942. The largest absolute Gasteiger partial charge is 0.494 e. The lowest BCUT2D eigenvalue weighted by Gasteiger charge is -2.28. The highest BCUT2D eigenvalue weighted by atomic mass is 32.2. The molecule has 0 saturated heterocycles. The van der Waals surface area contributed by atoms with E-state index < -0.39 is 22.0 Å². The lowest BCUT2D eigenvalue weighted by molar-refractivity contribution is -0.121. The molecule has 0 aromatic heterocycles. The zero-order valence-electron chi connectivity index (χ0n) is 17.2. The summed E-state index contributed by atoms with van der Waals surface area (Å²) in [5.41, 5.74) is 1.53. The predicted octanol–water partition coefficient (Wildman–Crippen LogP) is 2.74. The summed E-state index contributed by atoms with van der Waals surface area (Å²) in [6.07, 6.45) is 1.08. The highest BCUT2D eigenvalue weighted by Crippen LogP contribution is 2.24. The second kappa shape index (κ2) is 10.2. The van der Waals surface area contributed by atoms with Crippen molar-refractivity contribution in [2.75, 3.05) is 30.3 Å². The summed E-state index contributed by atoms with van der Waals surface area (Å²) in [6.45, 7) is 6.46. The summed E-state index contributed by atoms with van der Waals surface area (Å²) in [5, 5.41) is 2.72. The number of rotatable bonds is 10. The number of carbonyl (C=O) groups is 1. The molecule has 0 aliphatic carbocycles. The minimum Gasteiger partial charge on any atom is -0.494 e. The molecule has 1 amide bonds. The van der Waals surface area contributed by atoms with Crippen molar-refractivity contribution in [1.29, 1.82) is 0 Å². The van der Waals surface area contributed by atoms with Gasteiger partial charge in [-0.25, -0.2) is 8.42 Å². The maximum absolute atomic E-state index is 12.5. The van der Waals surface area contributed by atoms with E-state index >= 15 is 0 Å². The molecule has 1 N–H and O–H groups in total. The van der Waals surface area contributed by atoms with Gasteiger partial charge in [0.05, 0.1) is 25.1 Å². The van der Waals surface area contributed by atoms with Crippen molar-refractivity contribution in [1.82, 2.24) is 5.32 Å². The van der Waals surface area contributed by atoms with Crippen molar-refractivity contribution >= 4 is 21.6 Å². The molecule has 1 atom stereocenters. The van der Waals surface area contributed by atoms with Crippen LogP contribution in [-0.2, 0) is 14.8 Å². The van der Waals surface area contributed by atoms with Gasteiger partial charge in [0, 0.05) is 0 Å². The normalized spacial score (nSPS) is 12.1. The van der Waals surface area contributed by atoms with Crippen LogP contribution < -0.4 is 19.1 Å². The first-order valence-corrected chi connectivity index (χ1v) is 11.3. The highest BCUT2D eigenvalue weighted by molar-refractivity contribution is 7.92. The van der Waals surface area contributed by atoms with Gasteiger partial charge in [-0.15, -0.1) is 0 Å². The van der Waals surface area contributed by atoms with Gasteiger partial charge >= 0.3 is 0 Å². The first-order valence-electron chi connectivity index (χ1n) is 9.42. The Labute approximate surface area is 172 Å². The van der Waals surface area contributed by atoms with Crippen LogP contribution in [0.3, 0.4) is 0 Å². The molecule has 0 saturated carbocycles. The van der Waals surface area contributed by atoms with Crippen LogP contribution in [0.1, 0.15) is 19.4 Å². The zero-order valence-corrected chi connectivity index (χ0v) is 18.0. The molecule has 158 valence electrons. The fraction of sp³-hybridized carbons (Fsp3) is 0.381. The van der Waals surface area contributed by atoms with Gasteiger partial charge < -0.3 is 14.8 Å². The van der Waals surface area contributed by atoms with Crippen LogP contribution in [0.4, 0.5) is 5.69 Å². The van der Waals surface area contributed by atoms with E-state index in [1.807, 2.05) is 38.1 Å². The third kappa shape index (κ3) is 6.67. The summed E-state index contributed by atoms with van der Waals surface area (Å²) >= 11 is 0. The number of benzene rings is 2. The number of aryl methyl sites for hydroxylation is 1. The number of ether oxygens (including phenoxy) is 2. The molecule has 0 radical (unpaired) electrons. The Morgan fingerprint density at radius 2 is 1.59 bits per heavy atom. The molecule has 2 rings (SSSR count). The van der Waals surface area contributed by atoms with Gasteiger partial charge in [0.25, 0.3) is 0 Å². The van der Waals surface area contributed by atoms with Gasteiger partial charge in [-0.2, -0.15) is 0 Å². The number of anilines is 1. The van der Waals surface area contributed by atoms with Crippen LogP contribution in [0.15, 0.2) is 48.5 Å². The van der Waals surface area contributed by atoms with Crippen LogP contribution in [0.25, 0.3) is 0 Å². The van der Waals surface area contributed by atoms with Crippen molar-refractivity contribution in [3.63, 3.8) is 0 Å². The van der Waals surface area contributed by atoms with Gasteiger partial charge in [-0.1, -0.05) is 17.7 Å². The summed E-state index contributed by atoms with van der Waals surface area (Å²) in [4.78, 5) is 12.5. The Kier molecular flexibility index (Phi) is 7.90. The average molecular weight is 421 g/mol. The molecule has 0 heterocycles. The van der Waals surface area contributed by atoms with E-state index in [4.69, 9.17) is 9.47 Å². The maximum Gasteiger partial charge on any atom is 0.243 e. The topological polar surface area (TPSA) is 84.9 Å². The average Bonchev–Trinajstić information content (AvgIpc) is 2.67. The number of carbonyl (C=O) groups excluding carboxylic acids is 1. The van der Waals surface area contributed by atoms with E-state index in [1.54, 1.807) is 31.2 Å². The van der Waals surface area contributed by atoms with E-state index in [2.05, 4.69) is 5.32 Å². The summed E-state index contributed by atoms with van der Waals surface area (Å²) in [6, 6.07) is 13.3. The van der Waals surface area contributed by atoms with E-state index in [0.29, 0.717) is 23.8 Å². The number of sulfonamides is 1. The molecule has 0 fully saturated rings. The minimum atomic E-state index is -3.66. The summed E-state index contributed by atoms with van der Waals surface area (Å²) < 4.78 is 36.7. The van der Waals surface area contributed by atoms with Crippen LogP contribution in [-0.4, -0.2) is 46.4 Å². The molecule has 0 unspecified atom stereocenters. The molecule has 2 aromatic rings. The second-order valence-electron chi connectivity index (χ2n) is 6.61. The number of amides is 1. The molecule has 2 aromatic carbocycles. The van der Waals surface area contributed by atoms with E-state index in [1.165, 1.54) is 0 Å². The Bertz CT molecular complexity index is 896. The number of nitrogens with one attached hydrogen (secondary N) is 1. The van der Waals surface area contributed by atoms with Crippen molar-refractivity contribution < 1.29 is 22.7 Å². The van der Waals surface area contributed by atoms with Gasteiger partial charge in [-0.05, 0) is 57.2 Å². The van der Waals surface area contributed by atoms with Crippen molar-refractivity contribution in [2.24, 2.45) is 0 Å². The predicted molar refractivity (Wildman–Crippen MR) is 114 cm³/mol. The summed E-state index contributed by atoms with van der Waals surface area (Å²) in [7, 11) is -3.66. The first-order chi connectivity index (χ1) is 13.7. The van der Waals surface area contributed by atoms with Crippen LogP contribution in [0, 0.1) is 6.92 Å². The maximum atomic E-state index is 12.5. The van der Waals surface area contributed by atoms with E-state index in [9.17, 15) is 13.2 Å². The monoisotopic (exact) mass is 420 g/mol. The second-order valence-corrected chi connectivity index (χ2v) is 8.47. The number of hydrogen-bond donors (Lipinski definition) is 1. The fourth-order valence-electron chi connectivity index (χ4n) is 2.79. The molecule has 8 heteroatoms. The van der Waals surface area contributed by atoms with Crippen LogP contribution >= 0.6 is 0 Å². The van der Waals surface area contributed by atoms with Crippen molar-refractivity contribution in [3.8, 4) is 11.5 Å². The van der Waals surface area contributed by atoms with Crippen LogP contribution in [0.2, 0.25) is 0 Å².